The maximum atomic E-state index is 12.5. The van der Waals surface area contributed by atoms with Crippen molar-refractivity contribution < 1.29 is 19.0 Å². The van der Waals surface area contributed by atoms with Crippen molar-refractivity contribution >= 4 is 22.6 Å². The van der Waals surface area contributed by atoms with Gasteiger partial charge in [-0.05, 0) is 52.4 Å². The average Bonchev–Trinajstić information content (AvgIpc) is 3.12. The Morgan fingerprint density at radius 3 is 2.72 bits per heavy atom. The first-order chi connectivity index (χ1) is 12.2. The largest absolute Gasteiger partial charge is 0.493 e. The minimum Gasteiger partial charge on any atom is -0.493 e. The monoisotopic (exact) mass is 330 g/mol. The van der Waals surface area contributed by atoms with Crippen molar-refractivity contribution in [2.24, 2.45) is 0 Å². The Balaban J connectivity index is 1.75. The zero-order chi connectivity index (χ0) is 17.0. The Morgan fingerprint density at radius 2 is 1.84 bits per heavy atom. The fraction of sp³-hybridized carbons (Fsp3) is 0.0952. The number of fused-ring (bicyclic) bond motifs is 1. The van der Waals surface area contributed by atoms with Gasteiger partial charge in [-0.3, -0.25) is 4.79 Å². The molecule has 0 amide bonds. The van der Waals surface area contributed by atoms with Gasteiger partial charge in [-0.1, -0.05) is 24.3 Å². The summed E-state index contributed by atoms with van der Waals surface area (Å²) in [5, 5.41) is 2.00. The topological polar surface area (TPSA) is 44.8 Å². The molecule has 0 spiro atoms. The minimum atomic E-state index is -0.0728. The number of carbonyl (C=O) groups is 1. The van der Waals surface area contributed by atoms with E-state index >= 15 is 0 Å². The van der Waals surface area contributed by atoms with E-state index in [9.17, 15) is 4.79 Å². The summed E-state index contributed by atoms with van der Waals surface area (Å²) in [6, 6.07) is 15.9. The van der Waals surface area contributed by atoms with Gasteiger partial charge >= 0.3 is 0 Å². The van der Waals surface area contributed by atoms with Crippen LogP contribution in [0.4, 0.5) is 0 Å². The van der Waals surface area contributed by atoms with Gasteiger partial charge in [-0.15, -0.1) is 0 Å². The lowest BCUT2D eigenvalue weighted by atomic mass is 9.88. The summed E-state index contributed by atoms with van der Waals surface area (Å²) in [6.45, 7) is 0.257. The molecule has 1 aliphatic carbocycles. The highest BCUT2D eigenvalue weighted by Crippen LogP contribution is 2.39. The Hall–Kier alpha value is -3.27. The highest BCUT2D eigenvalue weighted by atomic mass is 16.7. The molecule has 0 bridgehead atoms. The summed E-state index contributed by atoms with van der Waals surface area (Å²) >= 11 is 0. The number of ether oxygens (including phenoxy) is 3. The molecule has 122 valence electrons. The Morgan fingerprint density at radius 1 is 0.960 bits per heavy atom. The van der Waals surface area contributed by atoms with Crippen molar-refractivity contribution in [1.82, 2.24) is 0 Å². The van der Waals surface area contributed by atoms with Crippen LogP contribution < -0.4 is 9.47 Å². The molecule has 4 nitrogen and oxygen atoms in total. The zero-order valence-electron chi connectivity index (χ0n) is 13.5. The van der Waals surface area contributed by atoms with Gasteiger partial charge < -0.3 is 14.2 Å². The molecule has 0 saturated heterocycles. The highest BCUT2D eigenvalue weighted by Gasteiger charge is 2.23. The molecule has 0 N–H and O–H groups in total. The van der Waals surface area contributed by atoms with E-state index < -0.39 is 0 Å². The lowest BCUT2D eigenvalue weighted by Crippen LogP contribution is -2.10. The fourth-order valence-electron chi connectivity index (χ4n) is 3.50. The normalized spacial score (nSPS) is 14.6. The lowest BCUT2D eigenvalue weighted by Gasteiger charge is -2.17. The first-order valence-corrected chi connectivity index (χ1v) is 8.02. The van der Waals surface area contributed by atoms with E-state index in [-0.39, 0.29) is 12.6 Å². The highest BCUT2D eigenvalue weighted by molar-refractivity contribution is 6.22. The zero-order valence-corrected chi connectivity index (χ0v) is 13.5. The SMILES string of the molecule is COC1=Cc2cc(-c3ccc4c(c3)OCO4)cc3cccc(c23)C1=O. The Kier molecular flexibility index (Phi) is 2.88. The first-order valence-electron chi connectivity index (χ1n) is 8.02. The molecular formula is C21H14O4. The van der Waals surface area contributed by atoms with Gasteiger partial charge in [0.2, 0.25) is 12.6 Å². The Bertz CT molecular complexity index is 1080. The molecule has 0 saturated carbocycles. The van der Waals surface area contributed by atoms with Crippen LogP contribution in [-0.4, -0.2) is 19.7 Å². The van der Waals surface area contributed by atoms with Crippen molar-refractivity contribution in [1.29, 1.82) is 0 Å². The molecule has 0 aromatic heterocycles. The predicted molar refractivity (Wildman–Crippen MR) is 94.8 cm³/mol. The second-order valence-corrected chi connectivity index (χ2v) is 6.08. The molecule has 4 heteroatoms. The number of methoxy groups -OCH3 is 1. The van der Waals surface area contributed by atoms with E-state index in [4.69, 9.17) is 14.2 Å². The molecular weight excluding hydrogens is 316 g/mol. The molecule has 1 aliphatic heterocycles. The molecule has 1 heterocycles. The number of hydrogen-bond acceptors (Lipinski definition) is 4. The van der Waals surface area contributed by atoms with Crippen molar-refractivity contribution in [3.63, 3.8) is 0 Å². The molecule has 0 radical (unpaired) electrons. The average molecular weight is 330 g/mol. The molecule has 5 rings (SSSR count). The fourth-order valence-corrected chi connectivity index (χ4v) is 3.50. The number of allylic oxidation sites excluding steroid dienone is 1. The van der Waals surface area contributed by atoms with Crippen LogP contribution in [0.1, 0.15) is 15.9 Å². The number of rotatable bonds is 2. The van der Waals surface area contributed by atoms with E-state index in [0.717, 1.165) is 39.0 Å². The van der Waals surface area contributed by atoms with E-state index in [0.29, 0.717) is 11.3 Å². The summed E-state index contributed by atoms with van der Waals surface area (Å²) in [4.78, 5) is 12.5. The molecule has 3 aromatic rings. The summed E-state index contributed by atoms with van der Waals surface area (Å²) < 4.78 is 16.1. The maximum absolute atomic E-state index is 12.5. The molecule has 0 atom stereocenters. The van der Waals surface area contributed by atoms with E-state index in [1.54, 1.807) is 0 Å². The van der Waals surface area contributed by atoms with Crippen LogP contribution in [0.25, 0.3) is 28.0 Å². The third-order valence-corrected chi connectivity index (χ3v) is 4.69. The number of Topliss-reactive ketones (excluding diaryl/α,β-unsaturated/α-hetero) is 1. The van der Waals surface area contributed by atoms with Crippen molar-refractivity contribution in [3.05, 3.63) is 65.4 Å². The van der Waals surface area contributed by atoms with Gasteiger partial charge in [0.05, 0.1) is 7.11 Å². The van der Waals surface area contributed by atoms with E-state index in [1.165, 1.54) is 7.11 Å². The molecule has 2 aliphatic rings. The smallest absolute Gasteiger partial charge is 0.231 e. The molecule has 0 unspecified atom stereocenters. The van der Waals surface area contributed by atoms with Gasteiger partial charge in [-0.25, -0.2) is 0 Å². The van der Waals surface area contributed by atoms with Gasteiger partial charge in [0, 0.05) is 10.9 Å². The van der Waals surface area contributed by atoms with Crippen LogP contribution >= 0.6 is 0 Å². The van der Waals surface area contributed by atoms with Crippen LogP contribution in [0.5, 0.6) is 11.5 Å². The van der Waals surface area contributed by atoms with Crippen molar-refractivity contribution in [2.45, 2.75) is 0 Å². The summed E-state index contributed by atoms with van der Waals surface area (Å²) in [5.74, 6) is 1.81. The minimum absolute atomic E-state index is 0.0728. The first kappa shape index (κ1) is 14.1. The van der Waals surface area contributed by atoms with Crippen LogP contribution in [0, 0.1) is 0 Å². The third kappa shape index (κ3) is 2.04. The van der Waals surface area contributed by atoms with E-state index in [2.05, 4.69) is 12.1 Å². The van der Waals surface area contributed by atoms with Gasteiger partial charge in [0.15, 0.2) is 17.3 Å². The number of benzene rings is 3. The molecule has 25 heavy (non-hydrogen) atoms. The second-order valence-electron chi connectivity index (χ2n) is 6.08. The lowest BCUT2D eigenvalue weighted by molar-refractivity contribution is 0.0957. The summed E-state index contributed by atoms with van der Waals surface area (Å²) in [6.07, 6.45) is 1.81. The van der Waals surface area contributed by atoms with Crippen LogP contribution in [-0.2, 0) is 4.74 Å². The predicted octanol–water partition coefficient (Wildman–Crippen LogP) is 4.42. The van der Waals surface area contributed by atoms with E-state index in [1.807, 2.05) is 42.5 Å². The van der Waals surface area contributed by atoms with Crippen LogP contribution in [0.15, 0.2) is 54.3 Å². The third-order valence-electron chi connectivity index (χ3n) is 4.69. The quantitative estimate of drug-likeness (QED) is 0.698. The summed E-state index contributed by atoms with van der Waals surface area (Å²) in [7, 11) is 1.52. The Labute approximate surface area is 144 Å². The van der Waals surface area contributed by atoms with Gasteiger partial charge in [0.25, 0.3) is 0 Å². The number of carbonyl (C=O) groups excluding carboxylic acids is 1. The number of hydrogen-bond donors (Lipinski definition) is 0. The summed E-state index contributed by atoms with van der Waals surface area (Å²) in [5.41, 5.74) is 3.76. The second kappa shape index (κ2) is 5.11. The van der Waals surface area contributed by atoms with Crippen molar-refractivity contribution in [3.8, 4) is 22.6 Å². The van der Waals surface area contributed by atoms with Gasteiger partial charge in [0.1, 0.15) is 0 Å². The van der Waals surface area contributed by atoms with Gasteiger partial charge in [-0.2, -0.15) is 0 Å². The molecule has 0 fully saturated rings. The van der Waals surface area contributed by atoms with Crippen LogP contribution in [0.2, 0.25) is 0 Å². The number of ketones is 1. The maximum Gasteiger partial charge on any atom is 0.231 e. The van der Waals surface area contributed by atoms with Crippen LogP contribution in [0.3, 0.4) is 0 Å². The van der Waals surface area contributed by atoms with Crippen molar-refractivity contribution in [2.75, 3.05) is 13.9 Å². The molecule has 3 aromatic carbocycles. The standard InChI is InChI=1S/C21H14O4/c1-23-19-10-15-8-14(12-5-6-17-18(9-12)25-11-24-17)7-13-3-2-4-16(20(13)15)21(19)22/h2-10H,11H2,1H3.